The van der Waals surface area contributed by atoms with Gasteiger partial charge in [-0.2, -0.15) is 5.10 Å². The highest BCUT2D eigenvalue weighted by Gasteiger charge is 2.06. The van der Waals surface area contributed by atoms with E-state index in [1.807, 2.05) is 0 Å². The van der Waals surface area contributed by atoms with E-state index in [4.69, 9.17) is 0 Å². The minimum atomic E-state index is -0.961. The molecule has 2 rings (SSSR count). The van der Waals surface area contributed by atoms with E-state index in [1.54, 1.807) is 6.92 Å². The number of pyridine rings is 1. The fourth-order valence-corrected chi connectivity index (χ4v) is 1.49. The molecule has 6 heteroatoms. The molecule has 0 aliphatic heterocycles. The second-order valence-electron chi connectivity index (χ2n) is 4.00. The smallest absolute Gasteiger partial charge is 0.267 e. The largest absolute Gasteiger partial charge is 0.271 e. The average Bonchev–Trinajstić information content (AvgIpc) is 2.48. The summed E-state index contributed by atoms with van der Waals surface area (Å²) < 4.78 is 25.9. The topological polar surface area (TPSA) is 54.4 Å². The van der Waals surface area contributed by atoms with Gasteiger partial charge >= 0.3 is 0 Å². The molecule has 4 nitrogen and oxygen atoms in total. The molecule has 1 N–H and O–H groups in total. The maximum atomic E-state index is 13.1. The van der Waals surface area contributed by atoms with Crippen LogP contribution in [0.25, 0.3) is 0 Å². The number of hydrogen-bond acceptors (Lipinski definition) is 3. The second kappa shape index (κ2) is 6.01. The Morgan fingerprint density at radius 1 is 1.10 bits per heavy atom. The molecule has 0 fully saturated rings. The van der Waals surface area contributed by atoms with Crippen molar-refractivity contribution in [2.24, 2.45) is 5.10 Å². The molecular weight excluding hydrogens is 264 g/mol. The Labute approximate surface area is 114 Å². The van der Waals surface area contributed by atoms with Crippen molar-refractivity contribution in [1.82, 2.24) is 10.4 Å². The summed E-state index contributed by atoms with van der Waals surface area (Å²) in [7, 11) is 0. The minimum Gasteiger partial charge on any atom is -0.267 e. The number of hydrazone groups is 1. The first-order chi connectivity index (χ1) is 9.58. The van der Waals surface area contributed by atoms with Crippen LogP contribution in [0, 0.1) is 11.6 Å². The molecule has 1 aromatic heterocycles. The van der Waals surface area contributed by atoms with E-state index in [0.29, 0.717) is 16.8 Å². The summed E-state index contributed by atoms with van der Waals surface area (Å²) in [6.45, 7) is 1.58. The highest BCUT2D eigenvalue weighted by Crippen LogP contribution is 2.09. The molecule has 0 unspecified atom stereocenters. The molecule has 2 aromatic rings. The summed E-state index contributed by atoms with van der Waals surface area (Å²) in [5, 5.41) is 3.85. The van der Waals surface area contributed by atoms with Gasteiger partial charge < -0.3 is 0 Å². The van der Waals surface area contributed by atoms with Crippen LogP contribution in [0.4, 0.5) is 8.78 Å². The Morgan fingerprint density at radius 3 is 2.45 bits per heavy atom. The highest BCUT2D eigenvalue weighted by atomic mass is 19.2. The monoisotopic (exact) mass is 275 g/mol. The third-order valence-corrected chi connectivity index (χ3v) is 2.61. The van der Waals surface area contributed by atoms with E-state index in [9.17, 15) is 13.6 Å². The normalized spacial score (nSPS) is 11.2. The predicted octanol–water partition coefficient (Wildman–Crippen LogP) is 2.51. The van der Waals surface area contributed by atoms with Crippen LogP contribution in [0.1, 0.15) is 22.8 Å². The number of nitrogens with one attached hydrogen (secondary N) is 1. The third-order valence-electron chi connectivity index (χ3n) is 2.61. The first-order valence-electron chi connectivity index (χ1n) is 5.78. The molecule has 0 bridgehead atoms. The molecule has 0 aliphatic rings. The number of carbonyl (C=O) groups is 1. The van der Waals surface area contributed by atoms with E-state index >= 15 is 0 Å². The number of nitrogens with zero attached hydrogens (tertiary/aromatic N) is 2. The van der Waals surface area contributed by atoms with Crippen molar-refractivity contribution in [3.05, 3.63) is 65.5 Å². The first kappa shape index (κ1) is 13.8. The van der Waals surface area contributed by atoms with Gasteiger partial charge in [0.1, 0.15) is 0 Å². The molecule has 1 heterocycles. The van der Waals surface area contributed by atoms with Crippen LogP contribution < -0.4 is 5.43 Å². The molecule has 0 saturated heterocycles. The van der Waals surface area contributed by atoms with Gasteiger partial charge in [0.05, 0.1) is 5.71 Å². The fourth-order valence-electron chi connectivity index (χ4n) is 1.49. The Bertz CT molecular complexity index is 657. The van der Waals surface area contributed by atoms with Gasteiger partial charge in [0.25, 0.3) is 5.91 Å². The average molecular weight is 275 g/mol. The lowest BCUT2D eigenvalue weighted by molar-refractivity contribution is 0.0954. The Balaban J connectivity index is 2.11. The zero-order chi connectivity index (χ0) is 14.5. The molecule has 1 amide bonds. The Morgan fingerprint density at radius 2 is 1.80 bits per heavy atom. The van der Waals surface area contributed by atoms with Crippen molar-refractivity contribution in [3.63, 3.8) is 0 Å². The van der Waals surface area contributed by atoms with E-state index in [0.717, 1.165) is 12.1 Å². The van der Waals surface area contributed by atoms with Crippen LogP contribution in [0.3, 0.4) is 0 Å². The molecule has 0 atom stereocenters. The number of hydrogen-bond donors (Lipinski definition) is 1. The zero-order valence-corrected chi connectivity index (χ0v) is 10.6. The summed E-state index contributed by atoms with van der Waals surface area (Å²) in [5.41, 5.74) is 3.50. The number of carbonyl (C=O) groups excluding carboxylic acids is 1. The van der Waals surface area contributed by atoms with Gasteiger partial charge in [-0.3, -0.25) is 9.78 Å². The van der Waals surface area contributed by atoms with Crippen LogP contribution >= 0.6 is 0 Å². The SMILES string of the molecule is CC(=NNC(=O)c1ccncc1)c1ccc(F)c(F)c1. The van der Waals surface area contributed by atoms with Gasteiger partial charge in [-0.1, -0.05) is 0 Å². The molecule has 0 spiro atoms. The highest BCUT2D eigenvalue weighted by molar-refractivity contribution is 6.00. The Kier molecular flexibility index (Phi) is 4.14. The van der Waals surface area contributed by atoms with Crippen molar-refractivity contribution in [3.8, 4) is 0 Å². The zero-order valence-electron chi connectivity index (χ0n) is 10.6. The second-order valence-corrected chi connectivity index (χ2v) is 4.00. The van der Waals surface area contributed by atoms with Crippen molar-refractivity contribution >= 4 is 11.6 Å². The first-order valence-corrected chi connectivity index (χ1v) is 5.78. The molecule has 0 aliphatic carbocycles. The summed E-state index contributed by atoms with van der Waals surface area (Å²) in [6, 6.07) is 6.49. The lowest BCUT2D eigenvalue weighted by Crippen LogP contribution is -2.19. The lowest BCUT2D eigenvalue weighted by Gasteiger charge is -2.03. The Hall–Kier alpha value is -2.63. The van der Waals surface area contributed by atoms with Crippen molar-refractivity contribution in [2.45, 2.75) is 6.92 Å². The van der Waals surface area contributed by atoms with Gasteiger partial charge in [-0.25, -0.2) is 14.2 Å². The summed E-state index contributed by atoms with van der Waals surface area (Å²) in [6.07, 6.45) is 2.97. The van der Waals surface area contributed by atoms with Crippen LogP contribution in [0.15, 0.2) is 47.8 Å². The number of amides is 1. The van der Waals surface area contributed by atoms with Crippen LogP contribution in [0.5, 0.6) is 0 Å². The van der Waals surface area contributed by atoms with Crippen LogP contribution in [0.2, 0.25) is 0 Å². The van der Waals surface area contributed by atoms with Gasteiger partial charge in [0.2, 0.25) is 0 Å². The van der Waals surface area contributed by atoms with Crippen molar-refractivity contribution in [2.75, 3.05) is 0 Å². The van der Waals surface area contributed by atoms with Crippen molar-refractivity contribution in [1.29, 1.82) is 0 Å². The summed E-state index contributed by atoms with van der Waals surface area (Å²) >= 11 is 0. The third kappa shape index (κ3) is 3.23. The quantitative estimate of drug-likeness (QED) is 0.691. The van der Waals surface area contributed by atoms with E-state index in [2.05, 4.69) is 15.5 Å². The molecule has 0 radical (unpaired) electrons. The van der Waals surface area contributed by atoms with Crippen molar-refractivity contribution < 1.29 is 13.6 Å². The number of rotatable bonds is 3. The number of halogens is 2. The molecular formula is C14H11F2N3O. The predicted molar refractivity (Wildman–Crippen MR) is 70.3 cm³/mol. The van der Waals surface area contributed by atoms with Gasteiger partial charge in [-0.05, 0) is 37.3 Å². The summed E-state index contributed by atoms with van der Waals surface area (Å²) in [4.78, 5) is 15.5. The number of aromatic nitrogens is 1. The minimum absolute atomic E-state index is 0.367. The number of benzene rings is 1. The molecule has 0 saturated carbocycles. The van der Waals surface area contributed by atoms with E-state index in [-0.39, 0.29) is 0 Å². The molecule has 20 heavy (non-hydrogen) atoms. The van der Waals surface area contributed by atoms with E-state index in [1.165, 1.54) is 30.6 Å². The molecule has 102 valence electrons. The van der Waals surface area contributed by atoms with Gasteiger partial charge in [-0.15, -0.1) is 0 Å². The maximum absolute atomic E-state index is 13.1. The van der Waals surface area contributed by atoms with E-state index < -0.39 is 17.5 Å². The van der Waals surface area contributed by atoms with Gasteiger partial charge in [0.15, 0.2) is 11.6 Å². The lowest BCUT2D eigenvalue weighted by atomic mass is 10.1. The van der Waals surface area contributed by atoms with Gasteiger partial charge in [0, 0.05) is 23.5 Å². The maximum Gasteiger partial charge on any atom is 0.271 e. The fraction of sp³-hybridized carbons (Fsp3) is 0.0714. The van der Waals surface area contributed by atoms with Crippen LogP contribution in [-0.4, -0.2) is 16.6 Å². The standard InChI is InChI=1S/C14H11F2N3O/c1-9(11-2-3-12(15)13(16)8-11)18-19-14(20)10-4-6-17-7-5-10/h2-8H,1H3,(H,19,20). The summed E-state index contributed by atoms with van der Waals surface area (Å²) in [5.74, 6) is -2.30. The van der Waals surface area contributed by atoms with Crippen LogP contribution in [-0.2, 0) is 0 Å². The molecule has 1 aromatic carbocycles.